The summed E-state index contributed by atoms with van der Waals surface area (Å²) in [7, 11) is 0. The molecule has 4 nitrogen and oxygen atoms in total. The minimum Gasteiger partial charge on any atom is -0.361 e. The SMILES string of the molecule is CCc1cccc2c([C@@H]3Nc4ccccc4C(=O)N3C3CC3)c[nH]c12. The van der Waals surface area contributed by atoms with E-state index < -0.39 is 0 Å². The van der Waals surface area contributed by atoms with Gasteiger partial charge >= 0.3 is 0 Å². The topological polar surface area (TPSA) is 48.1 Å². The molecule has 2 aliphatic rings. The first-order chi connectivity index (χ1) is 12.3. The summed E-state index contributed by atoms with van der Waals surface area (Å²) in [6.07, 6.45) is 5.13. The fourth-order valence-corrected chi connectivity index (χ4v) is 3.99. The molecular weight excluding hydrogens is 310 g/mol. The van der Waals surface area contributed by atoms with Gasteiger partial charge in [0.2, 0.25) is 0 Å². The summed E-state index contributed by atoms with van der Waals surface area (Å²) in [5.74, 6) is 0.142. The molecule has 1 saturated carbocycles. The summed E-state index contributed by atoms with van der Waals surface area (Å²) in [5, 5.41) is 4.82. The summed E-state index contributed by atoms with van der Waals surface area (Å²) in [4.78, 5) is 18.6. The zero-order chi connectivity index (χ0) is 17.0. The number of para-hydroxylation sites is 2. The summed E-state index contributed by atoms with van der Waals surface area (Å²) < 4.78 is 0. The minimum atomic E-state index is -0.115. The van der Waals surface area contributed by atoms with Crippen LogP contribution in [-0.2, 0) is 6.42 Å². The van der Waals surface area contributed by atoms with E-state index in [1.807, 2.05) is 29.2 Å². The molecule has 3 aromatic rings. The molecule has 0 saturated heterocycles. The van der Waals surface area contributed by atoms with E-state index in [2.05, 4.69) is 41.6 Å². The zero-order valence-electron chi connectivity index (χ0n) is 14.3. The molecule has 2 heterocycles. The lowest BCUT2D eigenvalue weighted by molar-refractivity contribution is 0.0667. The Balaban J connectivity index is 1.67. The van der Waals surface area contributed by atoms with Gasteiger partial charge in [-0.1, -0.05) is 37.3 Å². The van der Waals surface area contributed by atoms with Gasteiger partial charge < -0.3 is 15.2 Å². The number of rotatable bonds is 3. The second-order valence-electron chi connectivity index (χ2n) is 6.97. The van der Waals surface area contributed by atoms with E-state index in [-0.39, 0.29) is 12.1 Å². The predicted molar refractivity (Wildman–Crippen MR) is 99.7 cm³/mol. The minimum absolute atomic E-state index is 0.115. The summed E-state index contributed by atoms with van der Waals surface area (Å²) in [6, 6.07) is 14.6. The van der Waals surface area contributed by atoms with Crippen LogP contribution in [0.3, 0.4) is 0 Å². The number of carbonyl (C=O) groups is 1. The number of hydrogen-bond donors (Lipinski definition) is 2. The van der Waals surface area contributed by atoms with Crippen LogP contribution in [0.5, 0.6) is 0 Å². The second kappa shape index (κ2) is 5.38. The van der Waals surface area contributed by atoms with Crippen LogP contribution in [0.4, 0.5) is 5.69 Å². The Bertz CT molecular complexity index is 970. The maximum Gasteiger partial charge on any atom is 0.258 e. The van der Waals surface area contributed by atoms with Crippen molar-refractivity contribution in [1.29, 1.82) is 0 Å². The smallest absolute Gasteiger partial charge is 0.258 e. The first kappa shape index (κ1) is 14.6. The van der Waals surface area contributed by atoms with Crippen LogP contribution >= 0.6 is 0 Å². The Kier molecular flexibility index (Phi) is 3.14. The average Bonchev–Trinajstić information content (AvgIpc) is 3.39. The van der Waals surface area contributed by atoms with Crippen molar-refractivity contribution in [3.63, 3.8) is 0 Å². The van der Waals surface area contributed by atoms with Gasteiger partial charge in [0.25, 0.3) is 5.91 Å². The summed E-state index contributed by atoms with van der Waals surface area (Å²) >= 11 is 0. The van der Waals surface area contributed by atoms with Gasteiger partial charge in [0, 0.05) is 34.4 Å². The lowest BCUT2D eigenvalue weighted by atomic mass is 10.0. The van der Waals surface area contributed by atoms with Crippen LogP contribution in [0.2, 0.25) is 0 Å². The highest BCUT2D eigenvalue weighted by Gasteiger charge is 2.42. The highest BCUT2D eigenvalue weighted by molar-refractivity contribution is 6.02. The number of benzene rings is 2. The van der Waals surface area contributed by atoms with Gasteiger partial charge in [-0.05, 0) is 37.0 Å². The van der Waals surface area contributed by atoms with E-state index in [4.69, 9.17) is 0 Å². The lowest BCUT2D eigenvalue weighted by Gasteiger charge is -2.38. The number of fused-ring (bicyclic) bond motifs is 2. The molecule has 0 spiro atoms. The van der Waals surface area contributed by atoms with Crippen LogP contribution in [-0.4, -0.2) is 21.8 Å². The molecular formula is C21H21N3O. The van der Waals surface area contributed by atoms with Crippen molar-refractivity contribution >= 4 is 22.5 Å². The number of amides is 1. The van der Waals surface area contributed by atoms with Gasteiger partial charge in [0.1, 0.15) is 6.17 Å². The third-order valence-corrected chi connectivity index (χ3v) is 5.41. The third-order valence-electron chi connectivity index (χ3n) is 5.41. The Hall–Kier alpha value is -2.75. The Morgan fingerprint density at radius 2 is 1.96 bits per heavy atom. The highest BCUT2D eigenvalue weighted by atomic mass is 16.2. The van der Waals surface area contributed by atoms with E-state index in [9.17, 15) is 4.79 Å². The van der Waals surface area contributed by atoms with Gasteiger partial charge in [-0.2, -0.15) is 0 Å². The number of aromatic nitrogens is 1. The van der Waals surface area contributed by atoms with Gasteiger partial charge in [-0.3, -0.25) is 4.79 Å². The number of aromatic amines is 1. The first-order valence-electron chi connectivity index (χ1n) is 9.05. The molecule has 2 N–H and O–H groups in total. The molecule has 25 heavy (non-hydrogen) atoms. The highest BCUT2D eigenvalue weighted by Crippen LogP contribution is 2.42. The van der Waals surface area contributed by atoms with Crippen molar-refractivity contribution in [1.82, 2.24) is 9.88 Å². The zero-order valence-corrected chi connectivity index (χ0v) is 14.3. The van der Waals surface area contributed by atoms with E-state index in [1.165, 1.54) is 16.5 Å². The molecule has 1 atom stereocenters. The molecule has 0 unspecified atom stereocenters. The Labute approximate surface area is 146 Å². The number of hydrogen-bond acceptors (Lipinski definition) is 2. The van der Waals surface area contributed by atoms with Crippen LogP contribution < -0.4 is 5.32 Å². The first-order valence-corrected chi connectivity index (χ1v) is 9.05. The predicted octanol–water partition coefficient (Wildman–Crippen LogP) is 4.46. The number of H-pyrrole nitrogens is 1. The number of aryl methyl sites for hydroxylation is 1. The van der Waals surface area contributed by atoms with E-state index in [1.54, 1.807) is 0 Å². The van der Waals surface area contributed by atoms with E-state index in [0.29, 0.717) is 6.04 Å². The molecule has 4 heteroatoms. The molecule has 2 aromatic carbocycles. The summed E-state index contributed by atoms with van der Waals surface area (Å²) in [6.45, 7) is 2.17. The van der Waals surface area contributed by atoms with Gasteiger partial charge in [-0.15, -0.1) is 0 Å². The van der Waals surface area contributed by atoms with Gasteiger partial charge in [0.05, 0.1) is 5.56 Å². The van der Waals surface area contributed by atoms with Crippen molar-refractivity contribution in [2.75, 3.05) is 5.32 Å². The molecule has 1 aliphatic carbocycles. The molecule has 0 bridgehead atoms. The monoisotopic (exact) mass is 331 g/mol. The molecule has 126 valence electrons. The maximum absolute atomic E-state index is 13.1. The second-order valence-corrected chi connectivity index (χ2v) is 6.97. The van der Waals surface area contributed by atoms with Crippen molar-refractivity contribution in [3.8, 4) is 0 Å². The molecule has 1 fully saturated rings. The maximum atomic E-state index is 13.1. The molecule has 1 aromatic heterocycles. The third kappa shape index (κ3) is 2.17. The van der Waals surface area contributed by atoms with Crippen LogP contribution in [0.25, 0.3) is 10.9 Å². The van der Waals surface area contributed by atoms with E-state index in [0.717, 1.165) is 36.1 Å². The van der Waals surface area contributed by atoms with Crippen molar-refractivity contribution in [3.05, 3.63) is 65.4 Å². The summed E-state index contributed by atoms with van der Waals surface area (Å²) in [5.41, 5.74) is 5.35. The standard InChI is InChI=1S/C21H21N3O/c1-2-13-6-5-8-15-17(12-22-19(13)15)20-23-18-9-4-3-7-16(18)21(25)24(20)14-10-11-14/h3-9,12,14,20,22-23H,2,10-11H2,1H3/t20-/m1/s1. The van der Waals surface area contributed by atoms with Crippen LogP contribution in [0.15, 0.2) is 48.7 Å². The van der Waals surface area contributed by atoms with Gasteiger partial charge in [0.15, 0.2) is 0 Å². The number of nitrogens with one attached hydrogen (secondary N) is 2. The fourth-order valence-electron chi connectivity index (χ4n) is 3.99. The lowest BCUT2D eigenvalue weighted by Crippen LogP contribution is -2.44. The fraction of sp³-hybridized carbons (Fsp3) is 0.286. The number of anilines is 1. The van der Waals surface area contributed by atoms with Crippen LogP contribution in [0, 0.1) is 0 Å². The molecule has 5 rings (SSSR count). The largest absolute Gasteiger partial charge is 0.361 e. The number of nitrogens with zero attached hydrogens (tertiary/aromatic N) is 1. The average molecular weight is 331 g/mol. The van der Waals surface area contributed by atoms with E-state index >= 15 is 0 Å². The van der Waals surface area contributed by atoms with Crippen molar-refractivity contribution in [2.45, 2.75) is 38.4 Å². The normalized spacial score (nSPS) is 19.8. The van der Waals surface area contributed by atoms with Crippen molar-refractivity contribution in [2.24, 2.45) is 0 Å². The molecule has 1 amide bonds. The molecule has 0 radical (unpaired) electrons. The number of carbonyl (C=O) groups excluding carboxylic acids is 1. The Morgan fingerprint density at radius 3 is 2.76 bits per heavy atom. The van der Waals surface area contributed by atoms with Crippen LogP contribution in [0.1, 0.15) is 47.4 Å². The Morgan fingerprint density at radius 1 is 1.12 bits per heavy atom. The molecule has 1 aliphatic heterocycles. The van der Waals surface area contributed by atoms with Crippen molar-refractivity contribution < 1.29 is 4.79 Å². The van der Waals surface area contributed by atoms with Gasteiger partial charge in [-0.25, -0.2) is 0 Å². The quantitative estimate of drug-likeness (QED) is 0.744.